The zero-order chi connectivity index (χ0) is 17.8. The van der Waals surface area contributed by atoms with E-state index in [0.717, 1.165) is 37.1 Å². The third-order valence-corrected chi connectivity index (χ3v) is 4.77. The van der Waals surface area contributed by atoms with Crippen molar-refractivity contribution in [1.29, 1.82) is 0 Å². The molecule has 0 radical (unpaired) electrons. The topological polar surface area (TPSA) is 58.2 Å². The van der Waals surface area contributed by atoms with E-state index < -0.39 is 0 Å². The first-order valence-electron chi connectivity index (χ1n) is 8.80. The van der Waals surface area contributed by atoms with Crippen LogP contribution >= 0.6 is 0 Å². The van der Waals surface area contributed by atoms with Gasteiger partial charge in [-0.1, -0.05) is 6.92 Å². The number of carbonyl (C=O) groups excluding carboxylic acids is 1. The van der Waals surface area contributed by atoms with Gasteiger partial charge in [0.25, 0.3) is 5.91 Å². The predicted molar refractivity (Wildman–Crippen MR) is 93.2 cm³/mol. The van der Waals surface area contributed by atoms with Crippen LogP contribution in [0.5, 0.6) is 5.75 Å². The molecule has 0 aliphatic carbocycles. The van der Waals surface area contributed by atoms with Crippen LogP contribution in [-0.4, -0.2) is 40.7 Å². The zero-order valence-electron chi connectivity index (χ0n) is 14.7. The fraction of sp³-hybridized carbons (Fsp3) is 0.474. The van der Waals surface area contributed by atoms with Crippen molar-refractivity contribution in [1.82, 2.24) is 15.1 Å². The summed E-state index contributed by atoms with van der Waals surface area (Å²) >= 11 is 0. The van der Waals surface area contributed by atoms with Gasteiger partial charge >= 0.3 is 0 Å². The van der Waals surface area contributed by atoms with E-state index in [4.69, 9.17) is 4.74 Å². The number of hydrogen-bond acceptors (Lipinski definition) is 3. The number of H-pyrrole nitrogens is 1. The standard InChI is InChI=1S/C19H24FN3O2/c1-3-17-13(2)18(22-21-17)19(24)23-10-4-5-14(11-23)12-25-16-8-6-15(20)7-9-16/h6-9,14H,3-5,10-12H2,1-2H3,(H,21,22)/t14-/m0/s1. The number of benzene rings is 1. The molecule has 0 saturated carbocycles. The number of halogens is 1. The Morgan fingerprint density at radius 2 is 2.16 bits per heavy atom. The molecule has 1 aliphatic heterocycles. The lowest BCUT2D eigenvalue weighted by Gasteiger charge is -2.32. The second-order valence-corrected chi connectivity index (χ2v) is 6.55. The van der Waals surface area contributed by atoms with Crippen molar-refractivity contribution in [3.8, 4) is 5.75 Å². The van der Waals surface area contributed by atoms with Gasteiger partial charge in [-0.15, -0.1) is 0 Å². The minimum Gasteiger partial charge on any atom is -0.493 e. The summed E-state index contributed by atoms with van der Waals surface area (Å²) in [7, 11) is 0. The highest BCUT2D eigenvalue weighted by molar-refractivity contribution is 5.94. The Hall–Kier alpha value is -2.37. The van der Waals surface area contributed by atoms with E-state index in [1.165, 1.54) is 12.1 Å². The molecule has 134 valence electrons. The summed E-state index contributed by atoms with van der Waals surface area (Å²) in [6.45, 7) is 5.91. The number of hydrogen-bond donors (Lipinski definition) is 1. The average Bonchev–Trinajstić information content (AvgIpc) is 3.01. The highest BCUT2D eigenvalue weighted by Crippen LogP contribution is 2.22. The second-order valence-electron chi connectivity index (χ2n) is 6.55. The van der Waals surface area contributed by atoms with Gasteiger partial charge in [-0.25, -0.2) is 4.39 Å². The number of likely N-dealkylation sites (tertiary alicyclic amines) is 1. The maximum atomic E-state index is 12.9. The Morgan fingerprint density at radius 1 is 1.40 bits per heavy atom. The van der Waals surface area contributed by atoms with Gasteiger partial charge in [0.1, 0.15) is 11.6 Å². The molecule has 0 unspecified atom stereocenters. The molecular weight excluding hydrogens is 321 g/mol. The molecule has 1 atom stereocenters. The maximum Gasteiger partial charge on any atom is 0.274 e. The van der Waals surface area contributed by atoms with Gasteiger partial charge in [-0.3, -0.25) is 9.89 Å². The Balaban J connectivity index is 1.59. The number of nitrogens with one attached hydrogen (secondary N) is 1. The lowest BCUT2D eigenvalue weighted by atomic mass is 9.98. The molecule has 25 heavy (non-hydrogen) atoms. The number of aromatic nitrogens is 2. The number of aryl methyl sites for hydroxylation is 1. The van der Waals surface area contributed by atoms with E-state index in [9.17, 15) is 9.18 Å². The third kappa shape index (κ3) is 4.00. The number of ether oxygens (including phenoxy) is 1. The summed E-state index contributed by atoms with van der Waals surface area (Å²) in [5.41, 5.74) is 2.48. The summed E-state index contributed by atoms with van der Waals surface area (Å²) in [4.78, 5) is 14.6. The van der Waals surface area contributed by atoms with Gasteiger partial charge < -0.3 is 9.64 Å². The number of amides is 1. The van der Waals surface area contributed by atoms with Crippen LogP contribution in [0.25, 0.3) is 0 Å². The van der Waals surface area contributed by atoms with Crippen LogP contribution in [-0.2, 0) is 6.42 Å². The van der Waals surface area contributed by atoms with Crippen molar-refractivity contribution < 1.29 is 13.9 Å². The normalized spacial score (nSPS) is 17.6. The molecule has 2 aromatic rings. The minimum absolute atomic E-state index is 0.0140. The van der Waals surface area contributed by atoms with Crippen LogP contribution in [0.15, 0.2) is 24.3 Å². The molecule has 5 nitrogen and oxygen atoms in total. The Kier molecular flexibility index (Phi) is 5.36. The SMILES string of the molecule is CCc1[nH]nc(C(=O)N2CCC[C@H](COc3ccc(F)cc3)C2)c1C. The van der Waals surface area contributed by atoms with E-state index >= 15 is 0 Å². The highest BCUT2D eigenvalue weighted by Gasteiger charge is 2.27. The van der Waals surface area contributed by atoms with Crippen LogP contribution in [0.1, 0.15) is 41.5 Å². The fourth-order valence-corrected chi connectivity index (χ4v) is 3.27. The molecule has 1 amide bonds. The molecular formula is C19H24FN3O2. The molecule has 1 fully saturated rings. The van der Waals surface area contributed by atoms with Gasteiger partial charge in [-0.05, 0) is 50.5 Å². The first-order valence-corrected chi connectivity index (χ1v) is 8.80. The Labute approximate surface area is 147 Å². The number of nitrogens with zero attached hydrogens (tertiary/aromatic N) is 2. The largest absolute Gasteiger partial charge is 0.493 e. The first-order chi connectivity index (χ1) is 12.1. The molecule has 0 spiro atoms. The average molecular weight is 345 g/mol. The number of rotatable bonds is 5. The lowest BCUT2D eigenvalue weighted by Crippen LogP contribution is -2.42. The van der Waals surface area contributed by atoms with Crippen molar-refractivity contribution >= 4 is 5.91 Å². The summed E-state index contributed by atoms with van der Waals surface area (Å²) < 4.78 is 18.7. The van der Waals surface area contributed by atoms with E-state index in [1.807, 2.05) is 18.7 Å². The van der Waals surface area contributed by atoms with Crippen molar-refractivity contribution in [2.45, 2.75) is 33.1 Å². The summed E-state index contributed by atoms with van der Waals surface area (Å²) in [6, 6.07) is 6.02. The second kappa shape index (κ2) is 7.68. The van der Waals surface area contributed by atoms with E-state index in [-0.39, 0.29) is 17.6 Å². The number of aromatic amines is 1. The van der Waals surface area contributed by atoms with Crippen molar-refractivity contribution in [3.63, 3.8) is 0 Å². The third-order valence-electron chi connectivity index (χ3n) is 4.77. The molecule has 1 saturated heterocycles. The van der Waals surface area contributed by atoms with Gasteiger partial charge in [0, 0.05) is 30.3 Å². The van der Waals surface area contributed by atoms with E-state index in [2.05, 4.69) is 10.2 Å². The van der Waals surface area contributed by atoms with Crippen LogP contribution in [0.3, 0.4) is 0 Å². The van der Waals surface area contributed by atoms with Gasteiger partial charge in [0.15, 0.2) is 5.69 Å². The summed E-state index contributed by atoms with van der Waals surface area (Å²) in [5.74, 6) is 0.635. The minimum atomic E-state index is -0.275. The van der Waals surface area contributed by atoms with Crippen LogP contribution < -0.4 is 4.74 Å². The van der Waals surface area contributed by atoms with E-state index in [0.29, 0.717) is 24.6 Å². The lowest BCUT2D eigenvalue weighted by molar-refractivity contribution is 0.0626. The van der Waals surface area contributed by atoms with Crippen LogP contribution in [0.2, 0.25) is 0 Å². The van der Waals surface area contributed by atoms with Crippen molar-refractivity contribution in [2.24, 2.45) is 5.92 Å². The van der Waals surface area contributed by atoms with E-state index in [1.54, 1.807) is 12.1 Å². The predicted octanol–water partition coefficient (Wildman–Crippen LogP) is 3.35. The summed E-state index contributed by atoms with van der Waals surface area (Å²) in [6.07, 6.45) is 2.80. The van der Waals surface area contributed by atoms with Gasteiger partial charge in [0.2, 0.25) is 0 Å². The molecule has 1 aliphatic rings. The number of carbonyl (C=O) groups is 1. The molecule has 1 aromatic heterocycles. The highest BCUT2D eigenvalue weighted by atomic mass is 19.1. The van der Waals surface area contributed by atoms with Crippen molar-refractivity contribution in [3.05, 3.63) is 47.0 Å². The quantitative estimate of drug-likeness (QED) is 0.904. The summed E-state index contributed by atoms with van der Waals surface area (Å²) in [5, 5.41) is 7.16. The zero-order valence-corrected chi connectivity index (χ0v) is 14.7. The van der Waals surface area contributed by atoms with Gasteiger partial charge in [-0.2, -0.15) is 5.10 Å². The Morgan fingerprint density at radius 3 is 2.84 bits per heavy atom. The molecule has 1 N–H and O–H groups in total. The van der Waals surface area contributed by atoms with Crippen molar-refractivity contribution in [2.75, 3.05) is 19.7 Å². The van der Waals surface area contributed by atoms with Crippen LogP contribution in [0, 0.1) is 18.7 Å². The monoisotopic (exact) mass is 345 g/mol. The first kappa shape index (κ1) is 17.5. The smallest absolute Gasteiger partial charge is 0.274 e. The Bertz CT molecular complexity index is 727. The maximum absolute atomic E-state index is 12.9. The molecule has 1 aromatic carbocycles. The molecule has 3 rings (SSSR count). The molecule has 0 bridgehead atoms. The van der Waals surface area contributed by atoms with Crippen LogP contribution in [0.4, 0.5) is 4.39 Å². The fourth-order valence-electron chi connectivity index (χ4n) is 3.27. The molecule has 2 heterocycles. The number of piperidine rings is 1. The van der Waals surface area contributed by atoms with Gasteiger partial charge in [0.05, 0.1) is 6.61 Å². The molecule has 6 heteroatoms.